The van der Waals surface area contributed by atoms with Gasteiger partial charge in [-0.25, -0.2) is 0 Å². The van der Waals surface area contributed by atoms with Crippen LogP contribution in [-0.4, -0.2) is 58.6 Å². The van der Waals surface area contributed by atoms with E-state index in [1.54, 1.807) is 0 Å². The van der Waals surface area contributed by atoms with Gasteiger partial charge in [-0.05, 0) is 6.21 Å². The summed E-state index contributed by atoms with van der Waals surface area (Å²) in [6, 6.07) is 0.351. The number of hydrogen-bond donors (Lipinski definition) is 3. The molecule has 0 bridgehead atoms. The van der Waals surface area contributed by atoms with Gasteiger partial charge in [0.15, 0.2) is 0 Å². The second kappa shape index (κ2) is 13.5. The van der Waals surface area contributed by atoms with Crippen molar-refractivity contribution in [3.05, 3.63) is 34.6 Å². The number of allylic oxidation sites excluding steroid dienone is 3. The SMILES string of the molecule is C1=CC[N-]C(C=NCCN=CC2CCCC[N-]2)=C1.[Cu+2].[O-][Cl+](O)(O)O. The third kappa shape index (κ3) is 14.8. The van der Waals surface area contributed by atoms with Gasteiger partial charge >= 0.3 is 45.9 Å². The van der Waals surface area contributed by atoms with E-state index in [4.69, 9.17) is 18.6 Å². The fourth-order valence-corrected chi connectivity index (χ4v) is 1.93. The Morgan fingerprint density at radius 3 is 2.54 bits per heavy atom. The van der Waals surface area contributed by atoms with Crippen LogP contribution in [0, 0.1) is 10.2 Å². The summed E-state index contributed by atoms with van der Waals surface area (Å²) in [7, 11) is -4.19. The Bertz CT molecular complexity index is 441. The molecule has 0 aromatic rings. The number of hydrogen-bond acceptors (Lipinski definition) is 6. The molecule has 1 radical (unpaired) electrons. The summed E-state index contributed by atoms with van der Waals surface area (Å²) >= 11 is 0. The van der Waals surface area contributed by atoms with Gasteiger partial charge in [0.05, 0.1) is 13.1 Å². The molecule has 1 saturated heterocycles. The molecule has 2 heterocycles. The van der Waals surface area contributed by atoms with Crippen LogP contribution in [0.5, 0.6) is 0 Å². The first-order valence-electron chi connectivity index (χ1n) is 7.32. The average molecular weight is 410 g/mol. The van der Waals surface area contributed by atoms with E-state index in [-0.39, 0.29) is 17.1 Å². The molecule has 0 spiro atoms. The third-order valence-corrected chi connectivity index (χ3v) is 2.91. The first-order valence-corrected chi connectivity index (χ1v) is 8.64. The number of rotatable bonds is 5. The standard InChI is InChI=1S/C14H20N4.ClH3O4.Cu/c1-3-7-17-13(5-1)11-15-9-10-16-12-14-6-2-4-8-18-14;2-1(3,4)5;/h1,3,5,11-12,14H,2,4,6-10H2;2-4H;/q-2;;+2. The summed E-state index contributed by atoms with van der Waals surface area (Å²) in [5, 5.41) is 8.79. The molecule has 2 aliphatic heterocycles. The summed E-state index contributed by atoms with van der Waals surface area (Å²) in [6.07, 6.45) is 13.5. The molecule has 2 rings (SSSR count). The van der Waals surface area contributed by atoms with Gasteiger partial charge in [-0.3, -0.25) is 9.98 Å². The van der Waals surface area contributed by atoms with Crippen molar-refractivity contribution in [1.29, 1.82) is 0 Å². The minimum absolute atomic E-state index is 0. The van der Waals surface area contributed by atoms with Crippen LogP contribution < -0.4 is 4.66 Å². The van der Waals surface area contributed by atoms with Crippen LogP contribution in [0.25, 0.3) is 10.6 Å². The first kappa shape index (κ1) is 23.2. The molecule has 1 atom stereocenters. The molecular weight excluding hydrogens is 387 g/mol. The van der Waals surface area contributed by atoms with Gasteiger partial charge < -0.3 is 10.6 Å². The zero-order chi connectivity index (χ0) is 17.0. The second-order valence-electron chi connectivity index (χ2n) is 4.85. The van der Waals surface area contributed by atoms with Crippen molar-refractivity contribution in [2.45, 2.75) is 25.3 Å². The van der Waals surface area contributed by atoms with Gasteiger partial charge in [0, 0.05) is 6.21 Å². The van der Waals surface area contributed by atoms with Crippen molar-refractivity contribution in [3.8, 4) is 0 Å². The zero-order valence-corrected chi connectivity index (χ0v) is 14.8. The third-order valence-electron chi connectivity index (χ3n) is 2.91. The summed E-state index contributed by atoms with van der Waals surface area (Å²) in [6.45, 7) is 3.22. The Morgan fingerprint density at radius 2 is 1.96 bits per heavy atom. The Kier molecular flexibility index (Phi) is 13.1. The van der Waals surface area contributed by atoms with Crippen molar-refractivity contribution in [2.75, 3.05) is 26.2 Å². The van der Waals surface area contributed by atoms with Gasteiger partial charge in [-0.15, -0.1) is 24.9 Å². The number of halogens is 1. The number of aliphatic imine (C=N–C) groups is 2. The Labute approximate surface area is 154 Å². The Hall–Kier alpha value is -0.771. The molecule has 3 N–H and O–H groups in total. The van der Waals surface area contributed by atoms with E-state index in [2.05, 4.69) is 20.6 Å². The monoisotopic (exact) mass is 409 g/mol. The van der Waals surface area contributed by atoms with Crippen LogP contribution in [0.2, 0.25) is 0 Å². The Morgan fingerprint density at radius 1 is 1.25 bits per heavy atom. The molecule has 8 nitrogen and oxygen atoms in total. The normalized spacial score (nSPS) is 21.5. The molecule has 0 aliphatic carbocycles. The fourth-order valence-electron chi connectivity index (χ4n) is 1.93. The quantitative estimate of drug-likeness (QED) is 0.334. The van der Waals surface area contributed by atoms with Gasteiger partial charge in [0.2, 0.25) is 0 Å². The van der Waals surface area contributed by atoms with E-state index < -0.39 is 10.2 Å². The van der Waals surface area contributed by atoms with Crippen LogP contribution >= 0.6 is 0 Å². The zero-order valence-electron chi connectivity index (χ0n) is 13.1. The number of nitrogens with zero attached hydrogens (tertiary/aromatic N) is 4. The predicted molar refractivity (Wildman–Crippen MR) is 84.7 cm³/mol. The molecule has 24 heavy (non-hydrogen) atoms. The topological polar surface area (TPSA) is 137 Å². The fraction of sp³-hybridized carbons (Fsp3) is 0.571. The van der Waals surface area contributed by atoms with E-state index in [9.17, 15) is 0 Å². The summed E-state index contributed by atoms with van der Waals surface area (Å²) in [5.41, 5.74) is 0.948. The van der Waals surface area contributed by atoms with Crippen molar-refractivity contribution >= 4 is 12.4 Å². The number of piperidine rings is 1. The molecule has 2 aliphatic rings. The van der Waals surface area contributed by atoms with Crippen LogP contribution in [-0.2, 0) is 17.1 Å². The second-order valence-corrected chi connectivity index (χ2v) is 5.72. The Balaban J connectivity index is 0.000000777. The van der Waals surface area contributed by atoms with Crippen LogP contribution in [0.3, 0.4) is 0 Å². The maximum absolute atomic E-state index is 8.83. The molecule has 0 aromatic heterocycles. The molecule has 1 fully saturated rings. The summed E-state index contributed by atoms with van der Waals surface area (Å²) in [5.74, 6) is 0. The van der Waals surface area contributed by atoms with Gasteiger partial charge in [-0.2, -0.15) is 0 Å². The van der Waals surface area contributed by atoms with Crippen LogP contribution in [0.15, 0.2) is 33.9 Å². The van der Waals surface area contributed by atoms with Gasteiger partial charge in [-0.1, -0.05) is 37.5 Å². The summed E-state index contributed by atoms with van der Waals surface area (Å²) in [4.78, 5) is 8.69. The maximum atomic E-state index is 8.83. The minimum atomic E-state index is -4.19. The average Bonchev–Trinajstić information content (AvgIpc) is 2.51. The van der Waals surface area contributed by atoms with Gasteiger partial charge in [0.25, 0.3) is 0 Å². The van der Waals surface area contributed by atoms with E-state index >= 15 is 0 Å². The molecule has 0 amide bonds. The van der Waals surface area contributed by atoms with Crippen LogP contribution in [0.1, 0.15) is 19.3 Å². The van der Waals surface area contributed by atoms with Crippen molar-refractivity contribution in [2.24, 2.45) is 9.98 Å². The van der Waals surface area contributed by atoms with Gasteiger partial charge in [0.1, 0.15) is 0 Å². The van der Waals surface area contributed by atoms with E-state index in [1.807, 2.05) is 30.7 Å². The molecule has 0 saturated carbocycles. The molecule has 0 aromatic carbocycles. The molecule has 10 heteroatoms. The van der Waals surface area contributed by atoms with E-state index in [1.165, 1.54) is 12.8 Å². The van der Waals surface area contributed by atoms with Crippen molar-refractivity contribution < 1.29 is 45.9 Å². The predicted octanol–water partition coefficient (Wildman–Crippen LogP) is 0.0191. The van der Waals surface area contributed by atoms with Crippen molar-refractivity contribution in [3.63, 3.8) is 0 Å². The summed E-state index contributed by atoms with van der Waals surface area (Å²) < 4.78 is 30.2. The first-order chi connectivity index (χ1) is 10.9. The molecule has 1 unspecified atom stereocenters. The molecule has 141 valence electrons. The van der Waals surface area contributed by atoms with Crippen LogP contribution in [0.4, 0.5) is 0 Å². The molecular formula is C14H23ClCuN4O4. The van der Waals surface area contributed by atoms with E-state index in [0.717, 1.165) is 38.3 Å². The van der Waals surface area contributed by atoms with Crippen molar-refractivity contribution in [1.82, 2.24) is 0 Å². The van der Waals surface area contributed by atoms with E-state index in [0.29, 0.717) is 6.04 Å².